The fourth-order valence-corrected chi connectivity index (χ4v) is 2.09. The zero-order chi connectivity index (χ0) is 11.2. The van der Waals surface area contributed by atoms with Crippen LogP contribution in [0.3, 0.4) is 0 Å². The average molecular weight is 220 g/mol. The predicted molar refractivity (Wildman–Crippen MR) is 64.2 cm³/mol. The lowest BCUT2D eigenvalue weighted by Gasteiger charge is -2.10. The molecule has 1 unspecified atom stereocenters. The number of aromatic nitrogens is 1. The summed E-state index contributed by atoms with van der Waals surface area (Å²) < 4.78 is 5.35. The lowest BCUT2D eigenvalue weighted by atomic mass is 10.1. The van der Waals surface area contributed by atoms with E-state index in [1.54, 1.807) is 0 Å². The summed E-state index contributed by atoms with van der Waals surface area (Å²) in [5, 5.41) is 3.48. The van der Waals surface area contributed by atoms with E-state index in [9.17, 15) is 0 Å². The van der Waals surface area contributed by atoms with Crippen molar-refractivity contribution in [2.45, 2.75) is 26.3 Å². The van der Waals surface area contributed by atoms with Gasteiger partial charge in [-0.15, -0.1) is 0 Å². The van der Waals surface area contributed by atoms with E-state index in [1.807, 2.05) is 12.3 Å². The second-order valence-corrected chi connectivity index (χ2v) is 4.32. The van der Waals surface area contributed by atoms with E-state index in [1.165, 1.54) is 17.7 Å². The third kappa shape index (κ3) is 3.03. The number of hydrogen-bond acceptors (Lipinski definition) is 3. The lowest BCUT2D eigenvalue weighted by molar-refractivity contribution is 0.185. The Bertz CT molecular complexity index is 321. The van der Waals surface area contributed by atoms with Crippen molar-refractivity contribution in [1.82, 2.24) is 10.3 Å². The molecule has 0 saturated carbocycles. The smallest absolute Gasteiger partial charge is 0.0573 e. The third-order valence-corrected chi connectivity index (χ3v) is 3.11. The Morgan fingerprint density at radius 3 is 3.25 bits per heavy atom. The van der Waals surface area contributed by atoms with Crippen molar-refractivity contribution in [3.63, 3.8) is 0 Å². The minimum atomic E-state index is 0.689. The molecule has 3 heteroatoms. The molecule has 0 bridgehead atoms. The SMILES string of the molecule is CCc1cccnc1CNCC1CCOC1. The van der Waals surface area contributed by atoms with Gasteiger partial charge in [-0.1, -0.05) is 13.0 Å². The summed E-state index contributed by atoms with van der Waals surface area (Å²) in [6, 6.07) is 4.16. The van der Waals surface area contributed by atoms with Crippen LogP contribution in [0, 0.1) is 5.92 Å². The maximum absolute atomic E-state index is 5.35. The third-order valence-electron chi connectivity index (χ3n) is 3.11. The monoisotopic (exact) mass is 220 g/mol. The van der Waals surface area contributed by atoms with Gasteiger partial charge in [-0.2, -0.15) is 0 Å². The molecule has 2 heterocycles. The van der Waals surface area contributed by atoms with Crippen molar-refractivity contribution < 1.29 is 4.74 Å². The molecule has 1 aromatic heterocycles. The van der Waals surface area contributed by atoms with E-state index in [0.29, 0.717) is 5.92 Å². The van der Waals surface area contributed by atoms with Gasteiger partial charge in [0.2, 0.25) is 0 Å². The second-order valence-electron chi connectivity index (χ2n) is 4.32. The standard InChI is InChI=1S/C13H20N2O/c1-2-12-4-3-6-15-13(12)9-14-8-11-5-7-16-10-11/h3-4,6,11,14H,2,5,7-10H2,1H3. The molecule has 0 radical (unpaired) electrons. The topological polar surface area (TPSA) is 34.2 Å². The fourth-order valence-electron chi connectivity index (χ4n) is 2.09. The summed E-state index contributed by atoms with van der Waals surface area (Å²) in [6.07, 6.45) is 4.11. The van der Waals surface area contributed by atoms with E-state index >= 15 is 0 Å². The molecule has 1 aliphatic rings. The Morgan fingerprint density at radius 2 is 2.50 bits per heavy atom. The molecule has 0 spiro atoms. The first-order valence-electron chi connectivity index (χ1n) is 6.11. The Hall–Kier alpha value is -0.930. The summed E-state index contributed by atoms with van der Waals surface area (Å²) in [5.41, 5.74) is 2.53. The molecule has 16 heavy (non-hydrogen) atoms. The van der Waals surface area contributed by atoms with Crippen LogP contribution in [0.4, 0.5) is 0 Å². The van der Waals surface area contributed by atoms with Gasteiger partial charge in [0.15, 0.2) is 0 Å². The van der Waals surface area contributed by atoms with Gasteiger partial charge in [-0.05, 0) is 30.4 Å². The highest BCUT2D eigenvalue weighted by Gasteiger charge is 2.14. The molecular weight excluding hydrogens is 200 g/mol. The van der Waals surface area contributed by atoms with Gasteiger partial charge in [0.05, 0.1) is 12.3 Å². The van der Waals surface area contributed by atoms with Crippen LogP contribution < -0.4 is 5.32 Å². The van der Waals surface area contributed by atoms with Gasteiger partial charge in [0.1, 0.15) is 0 Å². The molecule has 1 saturated heterocycles. The molecule has 2 rings (SSSR count). The van der Waals surface area contributed by atoms with Crippen LogP contribution in [-0.4, -0.2) is 24.7 Å². The van der Waals surface area contributed by atoms with Crippen LogP contribution in [0.2, 0.25) is 0 Å². The van der Waals surface area contributed by atoms with Gasteiger partial charge in [-0.3, -0.25) is 4.98 Å². The van der Waals surface area contributed by atoms with E-state index in [4.69, 9.17) is 4.74 Å². The van der Waals surface area contributed by atoms with E-state index < -0.39 is 0 Å². The predicted octanol–water partition coefficient (Wildman–Crippen LogP) is 1.77. The minimum absolute atomic E-state index is 0.689. The van der Waals surface area contributed by atoms with E-state index in [-0.39, 0.29) is 0 Å². The summed E-state index contributed by atoms with van der Waals surface area (Å²) in [5.74, 6) is 0.689. The number of aryl methyl sites for hydroxylation is 1. The molecule has 1 N–H and O–H groups in total. The van der Waals surface area contributed by atoms with Crippen LogP contribution in [0.25, 0.3) is 0 Å². The lowest BCUT2D eigenvalue weighted by Crippen LogP contribution is -2.23. The number of pyridine rings is 1. The van der Waals surface area contributed by atoms with Crippen LogP contribution in [0.1, 0.15) is 24.6 Å². The zero-order valence-corrected chi connectivity index (χ0v) is 9.91. The quantitative estimate of drug-likeness (QED) is 0.821. The number of nitrogens with one attached hydrogen (secondary N) is 1. The maximum atomic E-state index is 5.35. The van der Waals surface area contributed by atoms with Gasteiger partial charge >= 0.3 is 0 Å². The van der Waals surface area contributed by atoms with Crippen LogP contribution in [0.15, 0.2) is 18.3 Å². The molecule has 1 fully saturated rings. The Kier molecular flexibility index (Phi) is 4.31. The van der Waals surface area contributed by atoms with Gasteiger partial charge in [0.25, 0.3) is 0 Å². The normalized spacial score (nSPS) is 20.2. The highest BCUT2D eigenvalue weighted by molar-refractivity contribution is 5.19. The van der Waals surface area contributed by atoms with Crippen molar-refractivity contribution in [2.75, 3.05) is 19.8 Å². The average Bonchev–Trinajstić information content (AvgIpc) is 2.83. The number of nitrogens with zero attached hydrogens (tertiary/aromatic N) is 1. The van der Waals surface area contributed by atoms with Crippen LogP contribution >= 0.6 is 0 Å². The van der Waals surface area contributed by atoms with Gasteiger partial charge in [-0.25, -0.2) is 0 Å². The molecule has 1 atom stereocenters. The highest BCUT2D eigenvalue weighted by Crippen LogP contribution is 2.11. The van der Waals surface area contributed by atoms with Crippen molar-refractivity contribution in [3.8, 4) is 0 Å². The molecule has 3 nitrogen and oxygen atoms in total. The number of hydrogen-bond donors (Lipinski definition) is 1. The van der Waals surface area contributed by atoms with Gasteiger partial charge in [0, 0.05) is 25.9 Å². The first-order chi connectivity index (χ1) is 7.90. The maximum Gasteiger partial charge on any atom is 0.0573 e. The Labute approximate surface area is 97.2 Å². The second kappa shape index (κ2) is 5.97. The molecule has 0 amide bonds. The summed E-state index contributed by atoms with van der Waals surface area (Å²) >= 11 is 0. The molecular formula is C13H20N2O. The summed E-state index contributed by atoms with van der Waals surface area (Å²) in [7, 11) is 0. The summed E-state index contributed by atoms with van der Waals surface area (Å²) in [6.45, 7) is 5.93. The first-order valence-corrected chi connectivity index (χ1v) is 6.11. The highest BCUT2D eigenvalue weighted by atomic mass is 16.5. The van der Waals surface area contributed by atoms with Crippen molar-refractivity contribution >= 4 is 0 Å². The molecule has 0 aliphatic carbocycles. The van der Waals surface area contributed by atoms with E-state index in [2.05, 4.69) is 23.3 Å². The van der Waals surface area contributed by atoms with Crippen LogP contribution in [0.5, 0.6) is 0 Å². The molecule has 0 aromatic carbocycles. The van der Waals surface area contributed by atoms with Crippen molar-refractivity contribution in [3.05, 3.63) is 29.6 Å². The van der Waals surface area contributed by atoms with E-state index in [0.717, 1.165) is 32.7 Å². The van der Waals surface area contributed by atoms with Gasteiger partial charge < -0.3 is 10.1 Å². The zero-order valence-electron chi connectivity index (χ0n) is 9.91. The largest absolute Gasteiger partial charge is 0.381 e. The van der Waals surface area contributed by atoms with Crippen molar-refractivity contribution in [1.29, 1.82) is 0 Å². The number of rotatable bonds is 5. The Morgan fingerprint density at radius 1 is 1.56 bits per heavy atom. The minimum Gasteiger partial charge on any atom is -0.381 e. The van der Waals surface area contributed by atoms with Crippen LogP contribution in [-0.2, 0) is 17.7 Å². The first kappa shape index (κ1) is 11.6. The number of ether oxygens (including phenoxy) is 1. The molecule has 1 aliphatic heterocycles. The fraction of sp³-hybridized carbons (Fsp3) is 0.615. The van der Waals surface area contributed by atoms with Crippen molar-refractivity contribution in [2.24, 2.45) is 5.92 Å². The molecule has 88 valence electrons. The summed E-state index contributed by atoms with van der Waals surface area (Å²) in [4.78, 5) is 4.42. The molecule has 1 aromatic rings. The Balaban J connectivity index is 1.79.